The minimum Gasteiger partial charge on any atom is -0.490 e. The number of thiocarbonyl (C=S) groups is 1. The lowest BCUT2D eigenvalue weighted by Gasteiger charge is -2.12. The molecular weight excluding hydrogens is 270 g/mol. The first-order valence-corrected chi connectivity index (χ1v) is 6.79. The number of nitrogens with two attached hydrogens (primary N) is 1. The highest BCUT2D eigenvalue weighted by Crippen LogP contribution is 2.20. The molecule has 0 aliphatic carbocycles. The highest BCUT2D eigenvalue weighted by Gasteiger charge is 2.06. The predicted octanol–water partition coefficient (Wildman–Crippen LogP) is 3.09. The summed E-state index contributed by atoms with van der Waals surface area (Å²) in [6.07, 6.45) is 0. The van der Waals surface area contributed by atoms with Gasteiger partial charge in [-0.25, -0.2) is 0 Å². The average molecular weight is 287 g/mol. The van der Waals surface area contributed by atoms with Crippen LogP contribution < -0.4 is 15.2 Å². The zero-order valence-corrected chi connectivity index (χ0v) is 12.2. The van der Waals surface area contributed by atoms with Crippen molar-refractivity contribution in [2.45, 2.75) is 6.92 Å². The molecule has 0 aliphatic heterocycles. The van der Waals surface area contributed by atoms with Gasteiger partial charge in [-0.15, -0.1) is 0 Å². The fourth-order valence-corrected chi connectivity index (χ4v) is 1.95. The Morgan fingerprint density at radius 1 is 1.05 bits per heavy atom. The summed E-state index contributed by atoms with van der Waals surface area (Å²) in [6, 6.07) is 15.4. The topological polar surface area (TPSA) is 44.5 Å². The van der Waals surface area contributed by atoms with Crippen molar-refractivity contribution in [1.29, 1.82) is 0 Å². The lowest BCUT2D eigenvalue weighted by Crippen LogP contribution is -2.14. The van der Waals surface area contributed by atoms with Crippen molar-refractivity contribution in [3.05, 3.63) is 59.7 Å². The molecule has 0 unspecified atom stereocenters. The van der Waals surface area contributed by atoms with Crippen LogP contribution >= 0.6 is 12.2 Å². The van der Waals surface area contributed by atoms with Crippen LogP contribution in [0.2, 0.25) is 0 Å². The summed E-state index contributed by atoms with van der Waals surface area (Å²) in [5, 5.41) is 0. The minimum atomic E-state index is 0.337. The average Bonchev–Trinajstić information content (AvgIpc) is 2.44. The third-order valence-electron chi connectivity index (χ3n) is 2.76. The van der Waals surface area contributed by atoms with Crippen LogP contribution in [0.3, 0.4) is 0 Å². The molecule has 0 heterocycles. The predicted molar refractivity (Wildman–Crippen MR) is 84.5 cm³/mol. The zero-order valence-electron chi connectivity index (χ0n) is 11.3. The van der Waals surface area contributed by atoms with Gasteiger partial charge in [-0.1, -0.05) is 36.5 Å². The molecule has 3 nitrogen and oxygen atoms in total. The summed E-state index contributed by atoms with van der Waals surface area (Å²) in [5.41, 5.74) is 7.54. The van der Waals surface area contributed by atoms with Crippen molar-refractivity contribution < 1.29 is 9.47 Å². The Morgan fingerprint density at radius 3 is 2.45 bits per heavy atom. The molecule has 104 valence electrons. The van der Waals surface area contributed by atoms with Crippen LogP contribution in [0.15, 0.2) is 48.5 Å². The largest absolute Gasteiger partial charge is 0.490 e. The van der Waals surface area contributed by atoms with Crippen molar-refractivity contribution in [2.24, 2.45) is 5.73 Å². The van der Waals surface area contributed by atoms with E-state index in [0.29, 0.717) is 24.0 Å². The molecule has 0 aromatic heterocycles. The van der Waals surface area contributed by atoms with E-state index in [-0.39, 0.29) is 0 Å². The molecule has 2 aromatic rings. The van der Waals surface area contributed by atoms with E-state index in [9.17, 15) is 0 Å². The maximum atomic E-state index is 5.71. The molecule has 0 amide bonds. The van der Waals surface area contributed by atoms with Crippen LogP contribution in [-0.4, -0.2) is 18.2 Å². The van der Waals surface area contributed by atoms with E-state index in [1.807, 2.05) is 55.5 Å². The van der Waals surface area contributed by atoms with Crippen molar-refractivity contribution in [3.63, 3.8) is 0 Å². The molecule has 0 spiro atoms. The maximum absolute atomic E-state index is 5.71. The normalized spacial score (nSPS) is 10.1. The molecule has 0 bridgehead atoms. The molecule has 0 atom stereocenters. The fraction of sp³-hybridized carbons (Fsp3) is 0.188. The highest BCUT2D eigenvalue weighted by molar-refractivity contribution is 7.80. The number of para-hydroxylation sites is 1. The molecule has 0 aliphatic rings. The first-order valence-electron chi connectivity index (χ1n) is 6.38. The minimum absolute atomic E-state index is 0.337. The van der Waals surface area contributed by atoms with Gasteiger partial charge in [0.15, 0.2) is 0 Å². The van der Waals surface area contributed by atoms with Gasteiger partial charge in [0.05, 0.1) is 5.56 Å². The van der Waals surface area contributed by atoms with Gasteiger partial charge < -0.3 is 15.2 Å². The van der Waals surface area contributed by atoms with Gasteiger partial charge in [0, 0.05) is 0 Å². The SMILES string of the molecule is Cc1ccc(C(N)=S)c(OCCOc2ccccc2)c1. The van der Waals surface area contributed by atoms with E-state index < -0.39 is 0 Å². The molecule has 0 saturated carbocycles. The van der Waals surface area contributed by atoms with E-state index in [1.165, 1.54) is 0 Å². The number of rotatable bonds is 6. The number of aryl methyl sites for hydroxylation is 1. The summed E-state index contributed by atoms with van der Waals surface area (Å²) in [5.74, 6) is 1.53. The Bertz CT molecular complexity index is 584. The first-order chi connectivity index (χ1) is 9.66. The Hall–Kier alpha value is -2.07. The molecule has 2 aromatic carbocycles. The van der Waals surface area contributed by atoms with Crippen molar-refractivity contribution in [1.82, 2.24) is 0 Å². The van der Waals surface area contributed by atoms with Crippen LogP contribution in [0.5, 0.6) is 11.5 Å². The summed E-state index contributed by atoms with van der Waals surface area (Å²) in [6.45, 7) is 2.90. The molecular formula is C16H17NO2S. The van der Waals surface area contributed by atoms with Gasteiger partial charge in [-0.3, -0.25) is 0 Å². The summed E-state index contributed by atoms with van der Waals surface area (Å²) in [7, 11) is 0. The summed E-state index contributed by atoms with van der Waals surface area (Å²) >= 11 is 5.01. The van der Waals surface area contributed by atoms with Crippen LogP contribution in [0, 0.1) is 6.92 Å². The molecule has 4 heteroatoms. The fourth-order valence-electron chi connectivity index (χ4n) is 1.78. The monoisotopic (exact) mass is 287 g/mol. The molecule has 0 fully saturated rings. The van der Waals surface area contributed by atoms with Crippen molar-refractivity contribution in [2.75, 3.05) is 13.2 Å². The van der Waals surface area contributed by atoms with Crippen molar-refractivity contribution in [3.8, 4) is 11.5 Å². The summed E-state index contributed by atoms with van der Waals surface area (Å²) in [4.78, 5) is 0.337. The van der Waals surface area contributed by atoms with Crippen LogP contribution in [0.1, 0.15) is 11.1 Å². The number of ether oxygens (including phenoxy) is 2. The lowest BCUT2D eigenvalue weighted by atomic mass is 10.1. The Balaban J connectivity index is 1.91. The van der Waals surface area contributed by atoms with Gasteiger partial charge in [-0.2, -0.15) is 0 Å². The number of hydrogen-bond donors (Lipinski definition) is 1. The maximum Gasteiger partial charge on any atom is 0.129 e. The first kappa shape index (κ1) is 14.3. The van der Waals surface area contributed by atoms with Gasteiger partial charge >= 0.3 is 0 Å². The van der Waals surface area contributed by atoms with Gasteiger partial charge in [-0.05, 0) is 36.8 Å². The van der Waals surface area contributed by atoms with Crippen molar-refractivity contribution >= 4 is 17.2 Å². The third-order valence-corrected chi connectivity index (χ3v) is 2.98. The van der Waals surface area contributed by atoms with E-state index in [4.69, 9.17) is 27.4 Å². The Kier molecular flexibility index (Phi) is 4.96. The van der Waals surface area contributed by atoms with E-state index >= 15 is 0 Å². The molecule has 0 saturated heterocycles. The smallest absolute Gasteiger partial charge is 0.129 e. The van der Waals surface area contributed by atoms with Gasteiger partial charge in [0.2, 0.25) is 0 Å². The third kappa shape index (κ3) is 3.96. The van der Waals surface area contributed by atoms with Crippen LogP contribution in [0.4, 0.5) is 0 Å². The Labute approximate surface area is 124 Å². The quantitative estimate of drug-likeness (QED) is 0.655. The van der Waals surface area contributed by atoms with E-state index in [1.54, 1.807) is 0 Å². The highest BCUT2D eigenvalue weighted by atomic mass is 32.1. The lowest BCUT2D eigenvalue weighted by molar-refractivity contribution is 0.217. The Morgan fingerprint density at radius 2 is 1.75 bits per heavy atom. The van der Waals surface area contributed by atoms with Crippen LogP contribution in [0.25, 0.3) is 0 Å². The molecule has 0 radical (unpaired) electrons. The number of hydrogen-bond acceptors (Lipinski definition) is 3. The number of benzene rings is 2. The second kappa shape index (κ2) is 6.91. The van der Waals surface area contributed by atoms with Gasteiger partial charge in [0.25, 0.3) is 0 Å². The van der Waals surface area contributed by atoms with E-state index in [0.717, 1.165) is 16.9 Å². The second-order valence-corrected chi connectivity index (χ2v) is 4.81. The molecule has 2 rings (SSSR count). The zero-order chi connectivity index (χ0) is 14.4. The summed E-state index contributed by atoms with van der Waals surface area (Å²) < 4.78 is 11.3. The standard InChI is InChI=1S/C16H17NO2S/c1-12-7-8-14(16(17)20)15(11-12)19-10-9-18-13-5-3-2-4-6-13/h2-8,11H,9-10H2,1H3,(H2,17,20). The van der Waals surface area contributed by atoms with E-state index in [2.05, 4.69) is 0 Å². The second-order valence-electron chi connectivity index (χ2n) is 4.37. The molecule has 20 heavy (non-hydrogen) atoms. The van der Waals surface area contributed by atoms with Gasteiger partial charge in [0.1, 0.15) is 29.7 Å². The molecule has 2 N–H and O–H groups in total. The van der Waals surface area contributed by atoms with Crippen LogP contribution in [-0.2, 0) is 0 Å².